The largest absolute Gasteiger partial charge is 0.382 e. The highest BCUT2D eigenvalue weighted by molar-refractivity contribution is 5.76. The van der Waals surface area contributed by atoms with Crippen LogP contribution in [-0.2, 0) is 11.3 Å². The van der Waals surface area contributed by atoms with E-state index in [1.807, 2.05) is 14.0 Å². The summed E-state index contributed by atoms with van der Waals surface area (Å²) < 4.78 is 0. The SMILES string of the molecule is CCC(=O)NC1CCN(c2cnc(N)c(-c3ncc(-c4ccc(CNC)cc4)[nH]3)n2)CC1. The number of amides is 1. The molecule has 4 rings (SSSR count). The molecule has 0 bridgehead atoms. The first-order valence-corrected chi connectivity index (χ1v) is 11.0. The van der Waals surface area contributed by atoms with Gasteiger partial charge in [-0.05, 0) is 31.0 Å². The van der Waals surface area contributed by atoms with E-state index < -0.39 is 0 Å². The van der Waals surface area contributed by atoms with Crippen LogP contribution < -0.4 is 21.3 Å². The molecule has 0 unspecified atom stereocenters. The summed E-state index contributed by atoms with van der Waals surface area (Å²) in [5.41, 5.74) is 9.84. The van der Waals surface area contributed by atoms with Gasteiger partial charge in [-0.15, -0.1) is 0 Å². The molecule has 0 saturated carbocycles. The third-order valence-corrected chi connectivity index (χ3v) is 5.74. The summed E-state index contributed by atoms with van der Waals surface area (Å²) in [6, 6.07) is 8.53. The number of hydrogen-bond acceptors (Lipinski definition) is 7. The summed E-state index contributed by atoms with van der Waals surface area (Å²) in [5.74, 6) is 1.80. The van der Waals surface area contributed by atoms with Crippen LogP contribution in [0.4, 0.5) is 11.6 Å². The van der Waals surface area contributed by atoms with Crippen LogP contribution in [0.1, 0.15) is 31.7 Å². The lowest BCUT2D eigenvalue weighted by Crippen LogP contribution is -2.44. The monoisotopic (exact) mass is 434 g/mol. The van der Waals surface area contributed by atoms with Crippen LogP contribution in [0.15, 0.2) is 36.7 Å². The van der Waals surface area contributed by atoms with Crippen molar-refractivity contribution in [1.82, 2.24) is 30.6 Å². The maximum atomic E-state index is 11.6. The molecular formula is C23H30N8O. The smallest absolute Gasteiger partial charge is 0.219 e. The fourth-order valence-corrected chi connectivity index (χ4v) is 3.89. The second-order valence-corrected chi connectivity index (χ2v) is 8.02. The first-order chi connectivity index (χ1) is 15.6. The van der Waals surface area contributed by atoms with Crippen LogP contribution in [0.25, 0.3) is 22.8 Å². The van der Waals surface area contributed by atoms with Crippen LogP contribution in [0.3, 0.4) is 0 Å². The van der Waals surface area contributed by atoms with E-state index in [0.717, 1.165) is 49.6 Å². The Morgan fingerprint density at radius 2 is 1.94 bits per heavy atom. The number of anilines is 2. The second kappa shape index (κ2) is 9.78. The molecule has 1 fully saturated rings. The molecule has 0 aliphatic carbocycles. The summed E-state index contributed by atoms with van der Waals surface area (Å²) in [7, 11) is 1.93. The second-order valence-electron chi connectivity index (χ2n) is 8.02. The molecule has 3 heterocycles. The number of carbonyl (C=O) groups is 1. The van der Waals surface area contributed by atoms with E-state index in [4.69, 9.17) is 10.7 Å². The lowest BCUT2D eigenvalue weighted by molar-refractivity contribution is -0.121. The van der Waals surface area contributed by atoms with Gasteiger partial charge in [0.05, 0.1) is 18.1 Å². The van der Waals surface area contributed by atoms with Crippen molar-refractivity contribution in [3.8, 4) is 22.8 Å². The van der Waals surface area contributed by atoms with Gasteiger partial charge in [-0.1, -0.05) is 31.2 Å². The van der Waals surface area contributed by atoms with Gasteiger partial charge < -0.3 is 26.3 Å². The topological polar surface area (TPSA) is 125 Å². The molecule has 1 aromatic carbocycles. The van der Waals surface area contributed by atoms with Crippen LogP contribution in [0.5, 0.6) is 0 Å². The maximum absolute atomic E-state index is 11.6. The minimum absolute atomic E-state index is 0.100. The van der Waals surface area contributed by atoms with Crippen molar-refractivity contribution < 1.29 is 4.79 Å². The summed E-state index contributed by atoms with van der Waals surface area (Å²) in [6.45, 7) is 4.30. The fourth-order valence-electron chi connectivity index (χ4n) is 3.89. The highest BCUT2D eigenvalue weighted by Gasteiger charge is 2.22. The molecule has 1 saturated heterocycles. The zero-order valence-corrected chi connectivity index (χ0v) is 18.6. The molecular weight excluding hydrogens is 404 g/mol. The number of imidazole rings is 1. The number of nitrogens with one attached hydrogen (secondary N) is 3. The van der Waals surface area contributed by atoms with Gasteiger partial charge in [0.2, 0.25) is 5.91 Å². The number of aromatic amines is 1. The van der Waals surface area contributed by atoms with Gasteiger partial charge in [0.15, 0.2) is 17.3 Å². The number of nitrogen functional groups attached to an aromatic ring is 1. The normalized spacial score (nSPS) is 14.5. The Labute approximate surface area is 187 Å². The molecule has 9 nitrogen and oxygen atoms in total. The Balaban J connectivity index is 1.48. The first kappa shape index (κ1) is 21.8. The third-order valence-electron chi connectivity index (χ3n) is 5.74. The molecule has 0 atom stereocenters. The summed E-state index contributed by atoms with van der Waals surface area (Å²) in [4.78, 5) is 30.8. The van der Waals surface area contributed by atoms with Crippen LogP contribution in [0, 0.1) is 0 Å². The lowest BCUT2D eigenvalue weighted by Gasteiger charge is -2.33. The van der Waals surface area contributed by atoms with Crippen molar-refractivity contribution in [3.63, 3.8) is 0 Å². The van der Waals surface area contributed by atoms with Gasteiger partial charge in [-0.3, -0.25) is 4.79 Å². The van der Waals surface area contributed by atoms with E-state index >= 15 is 0 Å². The Morgan fingerprint density at radius 3 is 2.62 bits per heavy atom. The van der Waals surface area contributed by atoms with Gasteiger partial charge in [0.1, 0.15) is 5.82 Å². The number of aromatic nitrogens is 4. The predicted octanol–water partition coefficient (Wildman–Crippen LogP) is 2.33. The van der Waals surface area contributed by atoms with Crippen LogP contribution >= 0.6 is 0 Å². The zero-order chi connectivity index (χ0) is 22.5. The van der Waals surface area contributed by atoms with E-state index in [0.29, 0.717) is 23.8 Å². The van der Waals surface area contributed by atoms with Crippen molar-refractivity contribution in [3.05, 3.63) is 42.2 Å². The minimum Gasteiger partial charge on any atom is -0.382 e. The van der Waals surface area contributed by atoms with Crippen LogP contribution in [-0.4, -0.2) is 52.0 Å². The number of hydrogen-bond donors (Lipinski definition) is 4. The molecule has 2 aromatic heterocycles. The molecule has 0 spiro atoms. The Kier molecular flexibility index (Phi) is 6.65. The van der Waals surface area contributed by atoms with Crippen molar-refractivity contribution in [2.24, 2.45) is 0 Å². The van der Waals surface area contributed by atoms with E-state index in [-0.39, 0.29) is 11.9 Å². The van der Waals surface area contributed by atoms with E-state index in [1.165, 1.54) is 5.56 Å². The molecule has 32 heavy (non-hydrogen) atoms. The number of nitrogens with two attached hydrogens (primary N) is 1. The molecule has 5 N–H and O–H groups in total. The van der Waals surface area contributed by atoms with Crippen molar-refractivity contribution >= 4 is 17.5 Å². The van der Waals surface area contributed by atoms with Crippen molar-refractivity contribution in [1.29, 1.82) is 0 Å². The van der Waals surface area contributed by atoms with Crippen molar-refractivity contribution in [2.45, 2.75) is 38.8 Å². The van der Waals surface area contributed by atoms with E-state index in [9.17, 15) is 4.79 Å². The average Bonchev–Trinajstić information content (AvgIpc) is 3.31. The zero-order valence-electron chi connectivity index (χ0n) is 18.6. The number of H-pyrrole nitrogens is 1. The highest BCUT2D eigenvalue weighted by atomic mass is 16.1. The third kappa shape index (κ3) is 4.88. The molecule has 0 radical (unpaired) electrons. The quantitative estimate of drug-likeness (QED) is 0.450. The minimum atomic E-state index is 0.100. The van der Waals surface area contributed by atoms with E-state index in [1.54, 1.807) is 12.4 Å². The summed E-state index contributed by atoms with van der Waals surface area (Å²) in [5, 5.41) is 6.22. The fraction of sp³-hybridized carbons (Fsp3) is 0.391. The Bertz CT molecular complexity index is 1050. The highest BCUT2D eigenvalue weighted by Crippen LogP contribution is 2.27. The molecule has 168 valence electrons. The van der Waals surface area contributed by atoms with Gasteiger partial charge in [0, 0.05) is 32.1 Å². The summed E-state index contributed by atoms with van der Waals surface area (Å²) in [6.07, 6.45) is 5.76. The first-order valence-electron chi connectivity index (χ1n) is 11.0. The predicted molar refractivity (Wildman–Crippen MR) is 126 cm³/mol. The Hall–Kier alpha value is -3.46. The Morgan fingerprint density at radius 1 is 1.19 bits per heavy atom. The standard InChI is InChI=1S/C23H30N8O/c1-3-20(32)28-17-8-10-31(11-9-17)19-14-26-22(24)21(30-19)23-27-13-18(29-23)16-6-4-15(5-7-16)12-25-2/h4-7,13-14,17,25H,3,8-12H2,1-2H3,(H2,24,26)(H,27,29)(H,28,32). The van der Waals surface area contributed by atoms with E-state index in [2.05, 4.69) is 54.8 Å². The number of nitrogens with zero attached hydrogens (tertiary/aromatic N) is 4. The van der Waals surface area contributed by atoms with Crippen molar-refractivity contribution in [2.75, 3.05) is 30.8 Å². The van der Waals surface area contributed by atoms with Gasteiger partial charge in [-0.25, -0.2) is 15.0 Å². The summed E-state index contributed by atoms with van der Waals surface area (Å²) >= 11 is 0. The molecule has 9 heteroatoms. The van der Waals surface area contributed by atoms with Gasteiger partial charge in [-0.2, -0.15) is 0 Å². The molecule has 3 aromatic rings. The molecule has 1 aliphatic rings. The number of benzene rings is 1. The number of piperidine rings is 1. The number of rotatable bonds is 7. The molecule has 1 amide bonds. The average molecular weight is 435 g/mol. The van der Waals surface area contributed by atoms with Crippen LogP contribution in [0.2, 0.25) is 0 Å². The van der Waals surface area contributed by atoms with Gasteiger partial charge >= 0.3 is 0 Å². The lowest BCUT2D eigenvalue weighted by atomic mass is 10.0. The molecule has 1 aliphatic heterocycles. The van der Waals surface area contributed by atoms with Gasteiger partial charge in [0.25, 0.3) is 0 Å². The number of carbonyl (C=O) groups excluding carboxylic acids is 1. The maximum Gasteiger partial charge on any atom is 0.219 e.